The van der Waals surface area contributed by atoms with Gasteiger partial charge in [0.05, 0.1) is 7.11 Å². The number of hydrogen-bond acceptors (Lipinski definition) is 2. The number of rotatable bonds is 5. The van der Waals surface area contributed by atoms with E-state index in [9.17, 15) is 4.79 Å². The predicted octanol–water partition coefficient (Wildman–Crippen LogP) is 3.13. The van der Waals surface area contributed by atoms with E-state index < -0.39 is 5.97 Å². The van der Waals surface area contributed by atoms with Crippen LogP contribution in [0.4, 0.5) is 0 Å². The molecule has 0 aromatic heterocycles. The number of allylic oxidation sites excluding steroid dienone is 3. The van der Waals surface area contributed by atoms with Crippen molar-refractivity contribution < 1.29 is 14.6 Å². The summed E-state index contributed by atoms with van der Waals surface area (Å²) in [5.41, 5.74) is 2.16. The molecular weight excluding hydrogens is 216 g/mol. The molecule has 0 aliphatic heterocycles. The Bertz CT molecular complexity index is 427. The minimum atomic E-state index is -0.938. The Kier molecular flexibility index (Phi) is 5.01. The van der Waals surface area contributed by atoms with Gasteiger partial charge >= 0.3 is 5.97 Å². The molecule has 0 atom stereocenters. The number of carboxylic acid groups (broad SMARTS) is 1. The van der Waals surface area contributed by atoms with Crippen LogP contribution in [-0.2, 0) is 4.79 Å². The van der Waals surface area contributed by atoms with Gasteiger partial charge in [-0.15, -0.1) is 0 Å². The molecule has 17 heavy (non-hydrogen) atoms. The van der Waals surface area contributed by atoms with Crippen molar-refractivity contribution in [3.8, 4) is 5.75 Å². The standard InChI is InChI=1S/C14H16O3/c1-3-11(5-4-6-14(15)16)12-7-9-13(17-2)10-8-12/h4-10H,3H2,1-2H3,(H,15,16)/b6-4+,11-5+. The lowest BCUT2D eigenvalue weighted by Crippen LogP contribution is -1.87. The Hall–Kier alpha value is -2.03. The predicted molar refractivity (Wildman–Crippen MR) is 68.0 cm³/mol. The van der Waals surface area contributed by atoms with Gasteiger partial charge in [0.2, 0.25) is 0 Å². The van der Waals surface area contributed by atoms with Crippen LogP contribution in [0.3, 0.4) is 0 Å². The molecule has 0 aliphatic carbocycles. The maximum atomic E-state index is 10.4. The number of methoxy groups -OCH3 is 1. The normalized spacial score (nSPS) is 11.8. The number of aliphatic carboxylic acids is 1. The largest absolute Gasteiger partial charge is 0.497 e. The molecule has 1 aromatic rings. The lowest BCUT2D eigenvalue weighted by molar-refractivity contribution is -0.131. The third-order valence-electron chi connectivity index (χ3n) is 2.38. The van der Waals surface area contributed by atoms with E-state index in [2.05, 4.69) is 0 Å². The highest BCUT2D eigenvalue weighted by atomic mass is 16.5. The Morgan fingerprint density at radius 2 is 2.00 bits per heavy atom. The van der Waals surface area contributed by atoms with Crippen LogP contribution in [0.5, 0.6) is 5.75 Å². The van der Waals surface area contributed by atoms with Gasteiger partial charge in [-0.3, -0.25) is 0 Å². The summed E-state index contributed by atoms with van der Waals surface area (Å²) in [4.78, 5) is 10.4. The van der Waals surface area contributed by atoms with E-state index >= 15 is 0 Å². The summed E-state index contributed by atoms with van der Waals surface area (Å²) >= 11 is 0. The number of hydrogen-bond donors (Lipinski definition) is 1. The number of benzene rings is 1. The molecule has 1 N–H and O–H groups in total. The van der Waals surface area contributed by atoms with Crippen molar-refractivity contribution in [2.75, 3.05) is 7.11 Å². The molecule has 0 bridgehead atoms. The lowest BCUT2D eigenvalue weighted by atomic mass is 10.0. The second-order valence-electron chi connectivity index (χ2n) is 3.47. The van der Waals surface area contributed by atoms with Gasteiger partial charge < -0.3 is 9.84 Å². The number of carboxylic acids is 1. The lowest BCUT2D eigenvalue weighted by Gasteiger charge is -2.05. The smallest absolute Gasteiger partial charge is 0.328 e. The molecule has 0 spiro atoms. The summed E-state index contributed by atoms with van der Waals surface area (Å²) < 4.78 is 5.08. The van der Waals surface area contributed by atoms with Crippen LogP contribution >= 0.6 is 0 Å². The fourth-order valence-corrected chi connectivity index (χ4v) is 1.47. The van der Waals surface area contributed by atoms with Crippen LogP contribution in [0.1, 0.15) is 18.9 Å². The van der Waals surface area contributed by atoms with Gasteiger partial charge in [0, 0.05) is 6.08 Å². The zero-order valence-corrected chi connectivity index (χ0v) is 10.0. The van der Waals surface area contributed by atoms with Crippen molar-refractivity contribution in [2.24, 2.45) is 0 Å². The summed E-state index contributed by atoms with van der Waals surface area (Å²) in [5, 5.41) is 8.51. The van der Waals surface area contributed by atoms with E-state index in [4.69, 9.17) is 9.84 Å². The maximum Gasteiger partial charge on any atom is 0.328 e. The van der Waals surface area contributed by atoms with Gasteiger partial charge in [-0.05, 0) is 29.7 Å². The zero-order chi connectivity index (χ0) is 12.7. The fraction of sp³-hybridized carbons (Fsp3) is 0.214. The first-order valence-electron chi connectivity index (χ1n) is 5.42. The zero-order valence-electron chi connectivity index (χ0n) is 10.0. The van der Waals surface area contributed by atoms with Crippen LogP contribution in [0.15, 0.2) is 42.5 Å². The molecule has 0 amide bonds. The molecule has 90 valence electrons. The van der Waals surface area contributed by atoms with E-state index in [-0.39, 0.29) is 0 Å². The third kappa shape index (κ3) is 4.15. The third-order valence-corrected chi connectivity index (χ3v) is 2.38. The Morgan fingerprint density at radius 1 is 1.35 bits per heavy atom. The molecule has 0 fully saturated rings. The quantitative estimate of drug-likeness (QED) is 0.626. The highest BCUT2D eigenvalue weighted by molar-refractivity contribution is 5.80. The average molecular weight is 232 g/mol. The van der Waals surface area contributed by atoms with Crippen LogP contribution in [0, 0.1) is 0 Å². The van der Waals surface area contributed by atoms with Crippen molar-refractivity contribution in [1.82, 2.24) is 0 Å². The molecule has 0 radical (unpaired) electrons. The molecule has 0 saturated carbocycles. The summed E-state index contributed by atoms with van der Waals surface area (Å²) in [6.45, 7) is 2.03. The minimum Gasteiger partial charge on any atom is -0.497 e. The summed E-state index contributed by atoms with van der Waals surface area (Å²) in [7, 11) is 1.63. The van der Waals surface area contributed by atoms with Gasteiger partial charge in [0.1, 0.15) is 5.75 Å². The first-order valence-corrected chi connectivity index (χ1v) is 5.42. The molecule has 1 rings (SSSR count). The Balaban J connectivity index is 2.89. The van der Waals surface area contributed by atoms with Gasteiger partial charge in [-0.1, -0.05) is 31.2 Å². The molecule has 0 aliphatic rings. The van der Waals surface area contributed by atoms with Crippen LogP contribution in [0.2, 0.25) is 0 Å². The highest BCUT2D eigenvalue weighted by Gasteiger charge is 1.98. The first kappa shape index (κ1) is 13.0. The first-order chi connectivity index (χ1) is 8.17. The fourth-order valence-electron chi connectivity index (χ4n) is 1.47. The highest BCUT2D eigenvalue weighted by Crippen LogP contribution is 2.21. The summed E-state index contributed by atoms with van der Waals surface area (Å²) in [6, 6.07) is 7.70. The van der Waals surface area contributed by atoms with Crippen LogP contribution in [0.25, 0.3) is 5.57 Å². The molecule has 0 heterocycles. The van der Waals surface area contributed by atoms with Gasteiger partial charge in [-0.2, -0.15) is 0 Å². The van der Waals surface area contributed by atoms with E-state index in [1.807, 2.05) is 37.3 Å². The topological polar surface area (TPSA) is 46.5 Å². The average Bonchev–Trinajstić information content (AvgIpc) is 2.34. The van der Waals surface area contributed by atoms with E-state index in [0.717, 1.165) is 29.4 Å². The summed E-state index contributed by atoms with van der Waals surface area (Å²) in [6.07, 6.45) is 5.33. The Labute approximate surface area is 101 Å². The Morgan fingerprint density at radius 3 is 2.47 bits per heavy atom. The van der Waals surface area contributed by atoms with Crippen molar-refractivity contribution in [3.05, 3.63) is 48.1 Å². The summed E-state index contributed by atoms with van der Waals surface area (Å²) in [5.74, 6) is -0.128. The minimum absolute atomic E-state index is 0.810. The molecule has 3 heteroatoms. The molecule has 1 aromatic carbocycles. The van der Waals surface area contributed by atoms with Gasteiger partial charge in [0.25, 0.3) is 0 Å². The van der Waals surface area contributed by atoms with Crippen molar-refractivity contribution in [2.45, 2.75) is 13.3 Å². The van der Waals surface area contributed by atoms with Gasteiger partial charge in [-0.25, -0.2) is 4.79 Å². The van der Waals surface area contributed by atoms with Crippen molar-refractivity contribution >= 4 is 11.5 Å². The van der Waals surface area contributed by atoms with Crippen LogP contribution < -0.4 is 4.74 Å². The number of carbonyl (C=O) groups is 1. The second-order valence-corrected chi connectivity index (χ2v) is 3.47. The molecule has 0 saturated heterocycles. The molecule has 3 nitrogen and oxygen atoms in total. The van der Waals surface area contributed by atoms with Crippen molar-refractivity contribution in [3.63, 3.8) is 0 Å². The van der Waals surface area contributed by atoms with Gasteiger partial charge in [0.15, 0.2) is 0 Å². The van der Waals surface area contributed by atoms with Crippen LogP contribution in [-0.4, -0.2) is 18.2 Å². The maximum absolute atomic E-state index is 10.4. The molecular formula is C14H16O3. The number of ether oxygens (including phenoxy) is 1. The molecule has 0 unspecified atom stereocenters. The monoisotopic (exact) mass is 232 g/mol. The van der Waals surface area contributed by atoms with E-state index in [0.29, 0.717) is 0 Å². The van der Waals surface area contributed by atoms with Crippen molar-refractivity contribution in [1.29, 1.82) is 0 Å². The second kappa shape index (κ2) is 6.53. The van der Waals surface area contributed by atoms with E-state index in [1.165, 1.54) is 0 Å². The SMILES string of the molecule is CC/C(=C\C=C\C(=O)O)c1ccc(OC)cc1. The van der Waals surface area contributed by atoms with E-state index in [1.54, 1.807) is 13.2 Å².